The number of H-pyrrole nitrogens is 1. The highest BCUT2D eigenvalue weighted by Crippen LogP contribution is 2.41. The van der Waals surface area contributed by atoms with Gasteiger partial charge in [0.2, 0.25) is 5.95 Å². The van der Waals surface area contributed by atoms with Gasteiger partial charge in [-0.25, -0.2) is 14.4 Å². The average molecular weight is 441 g/mol. The summed E-state index contributed by atoms with van der Waals surface area (Å²) in [5.41, 5.74) is 3.37. The fourth-order valence-corrected chi connectivity index (χ4v) is 4.79. The molecule has 4 heterocycles. The van der Waals surface area contributed by atoms with E-state index in [1.165, 1.54) is 6.07 Å². The van der Waals surface area contributed by atoms with Crippen molar-refractivity contribution in [3.63, 3.8) is 0 Å². The Morgan fingerprint density at radius 3 is 2.65 bits per heavy atom. The van der Waals surface area contributed by atoms with Gasteiger partial charge in [0.15, 0.2) is 6.29 Å². The minimum atomic E-state index is -0.446. The van der Waals surface area contributed by atoms with Crippen molar-refractivity contribution in [1.29, 1.82) is 0 Å². The summed E-state index contributed by atoms with van der Waals surface area (Å²) in [6.07, 6.45) is 3.29. The Bertz CT molecular complexity index is 1130. The van der Waals surface area contributed by atoms with Crippen LogP contribution in [0.15, 0.2) is 24.4 Å². The lowest BCUT2D eigenvalue weighted by atomic mass is 9.81. The number of aromatic nitrogens is 4. The maximum absolute atomic E-state index is 14.6. The molecule has 3 aromatic rings. The molecule has 5 rings (SSSR count). The maximum Gasteiger partial charge on any atom is 0.225 e. The van der Waals surface area contributed by atoms with Crippen molar-refractivity contribution < 1.29 is 9.18 Å². The number of carbonyl (C=O) groups is 1. The second-order valence-electron chi connectivity index (χ2n) is 8.17. The van der Waals surface area contributed by atoms with Crippen LogP contribution in [0.3, 0.4) is 0 Å². The first-order valence-electron chi connectivity index (χ1n) is 10.3. The van der Waals surface area contributed by atoms with Gasteiger partial charge < -0.3 is 9.80 Å². The van der Waals surface area contributed by atoms with Crippen molar-refractivity contribution >= 4 is 29.5 Å². The Kier molecular flexibility index (Phi) is 4.89. The molecule has 2 aliphatic heterocycles. The minimum Gasteiger partial charge on any atom is -0.365 e. The van der Waals surface area contributed by atoms with Gasteiger partial charge in [-0.3, -0.25) is 9.89 Å². The lowest BCUT2D eigenvalue weighted by Crippen LogP contribution is -2.65. The van der Waals surface area contributed by atoms with Crippen molar-refractivity contribution in [2.24, 2.45) is 5.92 Å². The zero-order chi connectivity index (χ0) is 21.7. The van der Waals surface area contributed by atoms with Crippen LogP contribution >= 0.6 is 11.6 Å². The smallest absolute Gasteiger partial charge is 0.225 e. The molecule has 0 unspecified atom stereocenters. The van der Waals surface area contributed by atoms with E-state index in [1.54, 1.807) is 18.3 Å². The number of rotatable bonds is 4. The number of benzene rings is 1. The number of aldehydes is 1. The molecule has 0 aliphatic carbocycles. The van der Waals surface area contributed by atoms with E-state index in [1.807, 2.05) is 13.8 Å². The Hall–Kier alpha value is -3.00. The fraction of sp³-hybridized carbons (Fsp3) is 0.364. The normalized spacial score (nSPS) is 20.4. The molecule has 2 fully saturated rings. The quantitative estimate of drug-likeness (QED) is 0.622. The first-order chi connectivity index (χ1) is 15.0. The average Bonchev–Trinajstić information content (AvgIpc) is 3.27. The van der Waals surface area contributed by atoms with Gasteiger partial charge in [0.25, 0.3) is 0 Å². The van der Waals surface area contributed by atoms with E-state index in [9.17, 15) is 9.18 Å². The number of hydrogen-bond donors (Lipinski definition) is 1. The number of aromatic amines is 1. The number of halogens is 2. The van der Waals surface area contributed by atoms with Gasteiger partial charge in [-0.1, -0.05) is 11.6 Å². The molecule has 2 saturated heterocycles. The lowest BCUT2D eigenvalue weighted by molar-refractivity contribution is 0.112. The molecular weight excluding hydrogens is 419 g/mol. The van der Waals surface area contributed by atoms with Gasteiger partial charge in [0.05, 0.1) is 28.1 Å². The third kappa shape index (κ3) is 3.26. The van der Waals surface area contributed by atoms with Crippen LogP contribution in [-0.4, -0.2) is 52.1 Å². The van der Waals surface area contributed by atoms with Gasteiger partial charge >= 0.3 is 0 Å². The summed E-state index contributed by atoms with van der Waals surface area (Å²) in [6, 6.07) is 4.98. The lowest BCUT2D eigenvalue weighted by Gasteiger charge is -2.55. The van der Waals surface area contributed by atoms with Crippen molar-refractivity contribution in [3.05, 3.63) is 52.2 Å². The molecule has 1 aromatic carbocycles. The molecule has 0 saturated carbocycles. The maximum atomic E-state index is 14.6. The molecule has 2 atom stereocenters. The van der Waals surface area contributed by atoms with Crippen LogP contribution < -0.4 is 9.80 Å². The molecule has 2 aliphatic rings. The monoisotopic (exact) mass is 440 g/mol. The van der Waals surface area contributed by atoms with Crippen molar-refractivity contribution in [1.82, 2.24) is 20.2 Å². The first kappa shape index (κ1) is 19.9. The summed E-state index contributed by atoms with van der Waals surface area (Å²) in [7, 11) is 0. The molecule has 0 bridgehead atoms. The number of carbonyl (C=O) groups excluding carboxylic acids is 1. The van der Waals surface area contributed by atoms with E-state index in [0.29, 0.717) is 28.1 Å². The molecule has 0 spiro atoms. The number of fused-ring (bicyclic) bond motifs is 1. The molecule has 9 heteroatoms. The molecule has 0 amide bonds. The highest BCUT2D eigenvalue weighted by molar-refractivity contribution is 6.31. The van der Waals surface area contributed by atoms with E-state index in [0.717, 1.165) is 49.4 Å². The summed E-state index contributed by atoms with van der Waals surface area (Å²) in [6.45, 7) is 6.22. The fourth-order valence-electron chi connectivity index (χ4n) is 4.70. The summed E-state index contributed by atoms with van der Waals surface area (Å²) >= 11 is 6.24. The van der Waals surface area contributed by atoms with E-state index < -0.39 is 5.82 Å². The predicted octanol–water partition coefficient (Wildman–Crippen LogP) is 3.80. The Labute approximate surface area is 184 Å². The highest BCUT2D eigenvalue weighted by atomic mass is 35.5. The van der Waals surface area contributed by atoms with Crippen LogP contribution in [0, 0.1) is 25.6 Å². The van der Waals surface area contributed by atoms with Gasteiger partial charge in [-0.05, 0) is 38.5 Å². The molecule has 2 aromatic heterocycles. The number of anilines is 2. The Morgan fingerprint density at radius 2 is 1.97 bits per heavy atom. The number of nitrogens with one attached hydrogen (secondary N) is 1. The van der Waals surface area contributed by atoms with Crippen LogP contribution in [0.5, 0.6) is 0 Å². The molecule has 31 heavy (non-hydrogen) atoms. The third-order valence-electron chi connectivity index (χ3n) is 6.38. The van der Waals surface area contributed by atoms with E-state index in [2.05, 4.69) is 30.0 Å². The Balaban J connectivity index is 1.46. The van der Waals surface area contributed by atoms with Crippen molar-refractivity contribution in [2.75, 3.05) is 29.4 Å². The molecular formula is C22H22ClFN6O. The number of hydrogen-bond acceptors (Lipinski definition) is 6. The standard InChI is InChI=1S/C22H22ClFN6O/c1-12-21(23)13(2)27-22(26-12)29-8-6-14-9-30(19(14)10-29)18-4-3-16(24)20(15(18)11-31)17-5-7-25-28-17/h3-5,7,11,14,19H,6,8-10H2,1-2H3,(H,25,28)/t14-,19-/m1/s1. The number of aryl methyl sites for hydroxylation is 2. The van der Waals surface area contributed by atoms with Gasteiger partial charge in [0, 0.05) is 48.6 Å². The van der Waals surface area contributed by atoms with Gasteiger partial charge in [-0.2, -0.15) is 5.10 Å². The largest absolute Gasteiger partial charge is 0.365 e. The predicted molar refractivity (Wildman–Crippen MR) is 117 cm³/mol. The highest BCUT2D eigenvalue weighted by Gasteiger charge is 2.44. The van der Waals surface area contributed by atoms with Crippen LogP contribution in [0.25, 0.3) is 11.3 Å². The topological polar surface area (TPSA) is 78.0 Å². The van der Waals surface area contributed by atoms with Gasteiger partial charge in [0.1, 0.15) is 5.82 Å². The first-order valence-corrected chi connectivity index (χ1v) is 10.7. The van der Waals surface area contributed by atoms with Gasteiger partial charge in [-0.15, -0.1) is 0 Å². The van der Waals surface area contributed by atoms with Crippen LogP contribution in [0.2, 0.25) is 5.02 Å². The van der Waals surface area contributed by atoms with E-state index >= 15 is 0 Å². The summed E-state index contributed by atoms with van der Waals surface area (Å²) < 4.78 is 14.6. The number of nitrogens with zero attached hydrogens (tertiary/aromatic N) is 5. The van der Waals surface area contributed by atoms with Crippen LogP contribution in [0.4, 0.5) is 16.0 Å². The second-order valence-corrected chi connectivity index (χ2v) is 8.54. The molecule has 7 nitrogen and oxygen atoms in total. The zero-order valence-electron chi connectivity index (χ0n) is 17.3. The SMILES string of the molecule is Cc1nc(N2CC[C@@H]3CN(c4ccc(F)c(-c5ccn[nH]5)c4C=O)[C@@H]3C2)nc(C)c1Cl. The van der Waals surface area contributed by atoms with E-state index in [4.69, 9.17) is 11.6 Å². The minimum absolute atomic E-state index is 0.201. The summed E-state index contributed by atoms with van der Waals surface area (Å²) in [4.78, 5) is 25.5. The number of piperidine rings is 1. The van der Waals surface area contributed by atoms with E-state index in [-0.39, 0.29) is 11.6 Å². The third-order valence-corrected chi connectivity index (χ3v) is 6.92. The van der Waals surface area contributed by atoms with Crippen LogP contribution in [-0.2, 0) is 0 Å². The summed E-state index contributed by atoms with van der Waals surface area (Å²) in [5.74, 6) is 0.751. The summed E-state index contributed by atoms with van der Waals surface area (Å²) in [5, 5.41) is 7.26. The Morgan fingerprint density at radius 1 is 1.19 bits per heavy atom. The van der Waals surface area contributed by atoms with Crippen molar-refractivity contribution in [3.8, 4) is 11.3 Å². The molecule has 0 radical (unpaired) electrons. The zero-order valence-corrected chi connectivity index (χ0v) is 18.0. The molecule has 160 valence electrons. The van der Waals surface area contributed by atoms with Crippen LogP contribution in [0.1, 0.15) is 28.2 Å². The second kappa shape index (κ2) is 7.60. The molecule has 1 N–H and O–H groups in total. The van der Waals surface area contributed by atoms with Crippen molar-refractivity contribution in [2.45, 2.75) is 26.3 Å².